The molecule has 4 nitrogen and oxygen atoms in total. The van der Waals surface area contributed by atoms with Gasteiger partial charge in [-0.05, 0) is 45.7 Å². The maximum absolute atomic E-state index is 12.0. The third-order valence-electron chi connectivity index (χ3n) is 4.75. The van der Waals surface area contributed by atoms with Gasteiger partial charge in [-0.25, -0.2) is 0 Å². The molecule has 2 aliphatic rings. The molecule has 2 aliphatic heterocycles. The van der Waals surface area contributed by atoms with Crippen molar-refractivity contribution in [3.8, 4) is 0 Å². The molecule has 0 aromatic heterocycles. The molecule has 2 heterocycles. The maximum atomic E-state index is 12.0. The number of nitrogens with zero attached hydrogens (tertiary/aromatic N) is 2. The minimum Gasteiger partial charge on any atom is -0.351 e. The van der Waals surface area contributed by atoms with Crippen LogP contribution in [0.4, 0.5) is 0 Å². The van der Waals surface area contributed by atoms with E-state index in [0.29, 0.717) is 6.54 Å². The van der Waals surface area contributed by atoms with E-state index in [9.17, 15) is 4.79 Å². The number of nitrogens with one attached hydrogen (secondary N) is 1. The van der Waals surface area contributed by atoms with Gasteiger partial charge in [0.05, 0.1) is 6.04 Å². The van der Waals surface area contributed by atoms with Crippen molar-refractivity contribution in [2.45, 2.75) is 51.1 Å². The molecule has 2 saturated heterocycles. The van der Waals surface area contributed by atoms with E-state index in [0.717, 1.165) is 19.1 Å². The van der Waals surface area contributed by atoms with Crippen LogP contribution >= 0.6 is 0 Å². The molecule has 114 valence electrons. The van der Waals surface area contributed by atoms with Crippen LogP contribution in [-0.4, -0.2) is 60.5 Å². The van der Waals surface area contributed by atoms with Crippen molar-refractivity contribution in [3.05, 3.63) is 12.7 Å². The van der Waals surface area contributed by atoms with Gasteiger partial charge in [0.1, 0.15) is 0 Å². The standard InChI is InChI=1S/C16H29N3O/c1-3-9-17-16(20)14(2)18-12-7-15(8-13-18)19-10-5-4-6-11-19/h3,14-15H,1,4-13H2,2H3,(H,17,20)/t14-/m1/s1. The molecular weight excluding hydrogens is 250 g/mol. The van der Waals surface area contributed by atoms with Crippen molar-refractivity contribution in [1.29, 1.82) is 0 Å². The zero-order chi connectivity index (χ0) is 14.4. The topological polar surface area (TPSA) is 35.6 Å². The summed E-state index contributed by atoms with van der Waals surface area (Å²) in [6.45, 7) is 10.9. The second kappa shape index (κ2) is 7.79. The third kappa shape index (κ3) is 4.06. The summed E-state index contributed by atoms with van der Waals surface area (Å²) in [7, 11) is 0. The fraction of sp³-hybridized carbons (Fsp3) is 0.812. The van der Waals surface area contributed by atoms with Gasteiger partial charge < -0.3 is 10.2 Å². The molecule has 4 heteroatoms. The first-order valence-corrected chi connectivity index (χ1v) is 8.09. The zero-order valence-corrected chi connectivity index (χ0v) is 12.8. The molecule has 0 radical (unpaired) electrons. The lowest BCUT2D eigenvalue weighted by atomic mass is 9.99. The summed E-state index contributed by atoms with van der Waals surface area (Å²) in [4.78, 5) is 17.0. The lowest BCUT2D eigenvalue weighted by Crippen LogP contribution is -2.52. The highest BCUT2D eigenvalue weighted by Crippen LogP contribution is 2.21. The fourth-order valence-corrected chi connectivity index (χ4v) is 3.41. The number of hydrogen-bond acceptors (Lipinski definition) is 3. The van der Waals surface area contributed by atoms with Crippen molar-refractivity contribution in [2.24, 2.45) is 0 Å². The highest BCUT2D eigenvalue weighted by molar-refractivity contribution is 5.81. The summed E-state index contributed by atoms with van der Waals surface area (Å²) in [5.41, 5.74) is 0. The number of likely N-dealkylation sites (tertiary alicyclic amines) is 2. The molecule has 0 spiro atoms. The van der Waals surface area contributed by atoms with Gasteiger partial charge in [-0.3, -0.25) is 9.69 Å². The Bertz CT molecular complexity index is 318. The van der Waals surface area contributed by atoms with E-state index in [1.165, 1.54) is 45.2 Å². The lowest BCUT2D eigenvalue weighted by molar-refractivity contribution is -0.126. The van der Waals surface area contributed by atoms with Crippen molar-refractivity contribution in [3.63, 3.8) is 0 Å². The van der Waals surface area contributed by atoms with E-state index in [1.54, 1.807) is 6.08 Å². The third-order valence-corrected chi connectivity index (χ3v) is 4.75. The molecule has 0 saturated carbocycles. The molecule has 0 aromatic rings. The average molecular weight is 279 g/mol. The van der Waals surface area contributed by atoms with Crippen LogP contribution in [0.2, 0.25) is 0 Å². The van der Waals surface area contributed by atoms with Crippen LogP contribution in [0.5, 0.6) is 0 Å². The smallest absolute Gasteiger partial charge is 0.237 e. The lowest BCUT2D eigenvalue weighted by Gasteiger charge is -2.41. The van der Waals surface area contributed by atoms with Gasteiger partial charge in [-0.1, -0.05) is 12.5 Å². The van der Waals surface area contributed by atoms with Gasteiger partial charge in [0, 0.05) is 25.7 Å². The van der Waals surface area contributed by atoms with Crippen LogP contribution in [-0.2, 0) is 4.79 Å². The largest absolute Gasteiger partial charge is 0.351 e. The van der Waals surface area contributed by atoms with Gasteiger partial charge in [0.15, 0.2) is 0 Å². The molecule has 0 unspecified atom stereocenters. The minimum absolute atomic E-state index is 0.0164. The predicted molar refractivity (Wildman–Crippen MR) is 82.7 cm³/mol. The van der Waals surface area contributed by atoms with E-state index >= 15 is 0 Å². The number of hydrogen-bond donors (Lipinski definition) is 1. The zero-order valence-electron chi connectivity index (χ0n) is 12.8. The van der Waals surface area contributed by atoms with E-state index in [-0.39, 0.29) is 11.9 Å². The molecule has 0 bridgehead atoms. The number of carbonyl (C=O) groups is 1. The molecule has 20 heavy (non-hydrogen) atoms. The van der Waals surface area contributed by atoms with Crippen LogP contribution in [0.3, 0.4) is 0 Å². The second-order valence-electron chi connectivity index (χ2n) is 6.07. The van der Waals surface area contributed by atoms with Crippen LogP contribution in [0.1, 0.15) is 39.0 Å². The van der Waals surface area contributed by atoms with E-state index in [4.69, 9.17) is 0 Å². The van der Waals surface area contributed by atoms with Crippen molar-refractivity contribution in [1.82, 2.24) is 15.1 Å². The van der Waals surface area contributed by atoms with Crippen molar-refractivity contribution < 1.29 is 4.79 Å². The number of carbonyl (C=O) groups excluding carboxylic acids is 1. The van der Waals surface area contributed by atoms with Crippen LogP contribution < -0.4 is 5.32 Å². The molecule has 0 aliphatic carbocycles. The summed E-state index contributed by atoms with van der Waals surface area (Å²) < 4.78 is 0. The quantitative estimate of drug-likeness (QED) is 0.777. The second-order valence-corrected chi connectivity index (χ2v) is 6.07. The molecule has 1 atom stereocenters. The van der Waals surface area contributed by atoms with Gasteiger partial charge >= 0.3 is 0 Å². The summed E-state index contributed by atoms with van der Waals surface area (Å²) in [6.07, 6.45) is 8.27. The van der Waals surface area contributed by atoms with Gasteiger partial charge in [-0.2, -0.15) is 0 Å². The van der Waals surface area contributed by atoms with Gasteiger partial charge in [-0.15, -0.1) is 6.58 Å². The average Bonchev–Trinajstić information content (AvgIpc) is 2.53. The fourth-order valence-electron chi connectivity index (χ4n) is 3.41. The van der Waals surface area contributed by atoms with Crippen molar-refractivity contribution in [2.75, 3.05) is 32.7 Å². The highest BCUT2D eigenvalue weighted by Gasteiger charge is 2.29. The SMILES string of the molecule is C=CCNC(=O)[C@@H](C)N1CCC(N2CCCCC2)CC1. The Balaban J connectivity index is 1.75. The first kappa shape index (κ1) is 15.5. The van der Waals surface area contributed by atoms with E-state index < -0.39 is 0 Å². The Morgan fingerprint density at radius 1 is 1.25 bits per heavy atom. The number of amides is 1. The summed E-state index contributed by atoms with van der Waals surface area (Å²) in [5.74, 6) is 0.126. The summed E-state index contributed by atoms with van der Waals surface area (Å²) >= 11 is 0. The van der Waals surface area contributed by atoms with Crippen LogP contribution in [0, 0.1) is 0 Å². The monoisotopic (exact) mass is 279 g/mol. The Morgan fingerprint density at radius 2 is 1.90 bits per heavy atom. The van der Waals surface area contributed by atoms with Gasteiger partial charge in [0.2, 0.25) is 5.91 Å². The van der Waals surface area contributed by atoms with E-state index in [2.05, 4.69) is 21.7 Å². The number of rotatable bonds is 5. The van der Waals surface area contributed by atoms with Gasteiger partial charge in [0.25, 0.3) is 0 Å². The minimum atomic E-state index is -0.0164. The van der Waals surface area contributed by atoms with E-state index in [1.807, 2.05) is 6.92 Å². The summed E-state index contributed by atoms with van der Waals surface area (Å²) in [6, 6.07) is 0.729. The van der Waals surface area contributed by atoms with Crippen LogP contribution in [0.25, 0.3) is 0 Å². The van der Waals surface area contributed by atoms with Crippen LogP contribution in [0.15, 0.2) is 12.7 Å². The summed E-state index contributed by atoms with van der Waals surface area (Å²) in [5, 5.41) is 2.89. The Morgan fingerprint density at radius 3 is 2.50 bits per heavy atom. The first-order chi connectivity index (χ1) is 9.72. The molecule has 2 rings (SSSR count). The Labute approximate surface area is 123 Å². The number of piperidine rings is 2. The molecule has 2 fully saturated rings. The van der Waals surface area contributed by atoms with Crippen molar-refractivity contribution >= 4 is 5.91 Å². The molecule has 0 aromatic carbocycles. The first-order valence-electron chi connectivity index (χ1n) is 8.09. The maximum Gasteiger partial charge on any atom is 0.237 e. The molecule has 1 N–H and O–H groups in total. The molecular formula is C16H29N3O. The molecule has 1 amide bonds. The highest BCUT2D eigenvalue weighted by atomic mass is 16.2. The Hall–Kier alpha value is -0.870. The Kier molecular flexibility index (Phi) is 6.05. The normalized spacial score (nSPS) is 24.2. The predicted octanol–water partition coefficient (Wildman–Crippen LogP) is 1.63.